The molecule has 0 radical (unpaired) electrons. The van der Waals surface area contributed by atoms with Gasteiger partial charge in [0.2, 0.25) is 0 Å². The minimum atomic E-state index is -4.45. The number of carbonyl (C=O) groups excluding carboxylic acids is 1. The average molecular weight is 361 g/mol. The second kappa shape index (κ2) is 7.82. The third kappa shape index (κ3) is 6.28. The molecular formula is C16H12F5NO3. The van der Waals surface area contributed by atoms with Crippen molar-refractivity contribution in [3.8, 4) is 11.5 Å². The van der Waals surface area contributed by atoms with Crippen molar-refractivity contribution < 1.29 is 36.2 Å². The van der Waals surface area contributed by atoms with Crippen LogP contribution >= 0.6 is 0 Å². The van der Waals surface area contributed by atoms with Crippen LogP contribution in [0.3, 0.4) is 0 Å². The normalized spacial score (nSPS) is 11.3. The lowest BCUT2D eigenvalue weighted by Crippen LogP contribution is -2.19. The summed E-state index contributed by atoms with van der Waals surface area (Å²) in [5, 5.41) is 2.48. The van der Waals surface area contributed by atoms with Gasteiger partial charge in [-0.1, -0.05) is 6.07 Å². The summed E-state index contributed by atoms with van der Waals surface area (Å²) in [7, 11) is 0. The van der Waals surface area contributed by atoms with Crippen molar-refractivity contribution in [2.24, 2.45) is 0 Å². The van der Waals surface area contributed by atoms with Crippen molar-refractivity contribution in [2.45, 2.75) is 12.8 Å². The van der Waals surface area contributed by atoms with Crippen molar-refractivity contribution in [1.29, 1.82) is 0 Å². The molecule has 0 bridgehead atoms. The molecule has 0 unspecified atom stereocenters. The quantitative estimate of drug-likeness (QED) is 0.772. The van der Waals surface area contributed by atoms with Crippen LogP contribution in [0, 0.1) is 0 Å². The Balaban J connectivity index is 1.98. The predicted molar refractivity (Wildman–Crippen MR) is 79.0 cm³/mol. The Morgan fingerprint density at radius 3 is 2.32 bits per heavy atom. The van der Waals surface area contributed by atoms with E-state index in [1.807, 2.05) is 0 Å². The van der Waals surface area contributed by atoms with Crippen molar-refractivity contribution >= 4 is 11.6 Å². The van der Waals surface area contributed by atoms with Gasteiger partial charge in [0.1, 0.15) is 11.5 Å². The molecule has 0 saturated carbocycles. The zero-order valence-corrected chi connectivity index (χ0v) is 12.5. The molecule has 2 aromatic carbocycles. The van der Waals surface area contributed by atoms with Gasteiger partial charge in [0.25, 0.3) is 5.91 Å². The van der Waals surface area contributed by atoms with Crippen molar-refractivity contribution in [1.82, 2.24) is 0 Å². The number of halogens is 5. The number of hydrogen-bond acceptors (Lipinski definition) is 3. The van der Waals surface area contributed by atoms with E-state index in [9.17, 15) is 26.7 Å². The van der Waals surface area contributed by atoms with Gasteiger partial charge in [-0.25, -0.2) is 0 Å². The van der Waals surface area contributed by atoms with Crippen LogP contribution in [0.4, 0.5) is 27.6 Å². The molecule has 0 aromatic heterocycles. The summed E-state index contributed by atoms with van der Waals surface area (Å²) in [6, 6.07) is 10.4. The van der Waals surface area contributed by atoms with Crippen LogP contribution in [0.5, 0.6) is 11.5 Å². The minimum absolute atomic E-state index is 0.0114. The van der Waals surface area contributed by atoms with Gasteiger partial charge in [0, 0.05) is 11.3 Å². The zero-order valence-electron chi connectivity index (χ0n) is 12.5. The van der Waals surface area contributed by atoms with Crippen LogP contribution in [0.2, 0.25) is 0 Å². The van der Waals surface area contributed by atoms with E-state index in [1.165, 1.54) is 42.5 Å². The van der Waals surface area contributed by atoms with E-state index < -0.39 is 25.3 Å². The topological polar surface area (TPSA) is 47.6 Å². The number of nitrogens with one attached hydrogen (secondary N) is 1. The van der Waals surface area contributed by atoms with Crippen LogP contribution < -0.4 is 14.8 Å². The highest BCUT2D eigenvalue weighted by atomic mass is 19.4. The van der Waals surface area contributed by atoms with Crippen LogP contribution in [-0.4, -0.2) is 25.3 Å². The Morgan fingerprint density at radius 2 is 1.72 bits per heavy atom. The lowest BCUT2D eigenvalue weighted by atomic mass is 10.2. The van der Waals surface area contributed by atoms with Crippen molar-refractivity contribution in [3.63, 3.8) is 0 Å². The Hall–Kier alpha value is -2.84. The van der Waals surface area contributed by atoms with Crippen LogP contribution in [-0.2, 0) is 0 Å². The Bertz CT molecular complexity index is 716. The van der Waals surface area contributed by atoms with E-state index in [4.69, 9.17) is 0 Å². The van der Waals surface area contributed by atoms with Gasteiger partial charge in [0.15, 0.2) is 6.61 Å². The smallest absolute Gasteiger partial charge is 0.422 e. The molecule has 9 heteroatoms. The van der Waals surface area contributed by atoms with Crippen molar-refractivity contribution in [2.75, 3.05) is 11.9 Å². The second-order valence-corrected chi connectivity index (χ2v) is 4.79. The minimum Gasteiger partial charge on any atom is -0.484 e. The molecule has 1 amide bonds. The summed E-state index contributed by atoms with van der Waals surface area (Å²) in [5.41, 5.74) is 0.375. The molecule has 0 aliphatic rings. The number of anilines is 1. The maximum absolute atomic E-state index is 12.2. The first-order chi connectivity index (χ1) is 11.7. The highest BCUT2D eigenvalue weighted by Gasteiger charge is 2.28. The molecule has 0 spiro atoms. The van der Waals surface area contributed by atoms with E-state index in [-0.39, 0.29) is 17.1 Å². The number of rotatable bonds is 6. The lowest BCUT2D eigenvalue weighted by molar-refractivity contribution is -0.153. The molecule has 1 N–H and O–H groups in total. The number of carbonyl (C=O) groups is 1. The monoisotopic (exact) mass is 361 g/mol. The lowest BCUT2D eigenvalue weighted by Gasteiger charge is -2.10. The van der Waals surface area contributed by atoms with E-state index in [0.717, 1.165) is 6.07 Å². The molecule has 2 rings (SSSR count). The fourth-order valence-corrected chi connectivity index (χ4v) is 1.82. The molecule has 0 saturated heterocycles. The Morgan fingerprint density at radius 1 is 1.04 bits per heavy atom. The maximum atomic E-state index is 12.2. The molecule has 0 heterocycles. The van der Waals surface area contributed by atoms with Gasteiger partial charge in [0.05, 0.1) is 0 Å². The number of ether oxygens (including phenoxy) is 2. The van der Waals surface area contributed by atoms with Gasteiger partial charge in [-0.05, 0) is 42.5 Å². The standard InChI is InChI=1S/C16H12F5NO3/c17-15(18)25-13-3-1-2-10(8-13)14(23)22-11-4-6-12(7-5-11)24-9-16(19,20)21/h1-8,15H,9H2,(H,22,23). The number of hydrogen-bond donors (Lipinski definition) is 1. The fraction of sp³-hybridized carbons (Fsp3) is 0.188. The number of alkyl halides is 5. The summed E-state index contributed by atoms with van der Waals surface area (Å²) < 4.78 is 69.2. The number of benzene rings is 2. The van der Waals surface area contributed by atoms with Crippen LogP contribution in [0.1, 0.15) is 10.4 Å². The summed E-state index contributed by atoms with van der Waals surface area (Å²) >= 11 is 0. The first-order valence-electron chi connectivity index (χ1n) is 6.89. The molecule has 0 aliphatic carbocycles. The van der Waals surface area contributed by atoms with Gasteiger partial charge < -0.3 is 14.8 Å². The first-order valence-corrected chi connectivity index (χ1v) is 6.89. The third-order valence-electron chi connectivity index (χ3n) is 2.84. The molecule has 2 aromatic rings. The highest BCUT2D eigenvalue weighted by molar-refractivity contribution is 6.04. The molecule has 134 valence electrons. The van der Waals surface area contributed by atoms with Crippen LogP contribution in [0.15, 0.2) is 48.5 Å². The summed E-state index contributed by atoms with van der Waals surface area (Å²) in [4.78, 5) is 12.1. The van der Waals surface area contributed by atoms with E-state index in [1.54, 1.807) is 0 Å². The molecule has 0 atom stereocenters. The zero-order chi connectivity index (χ0) is 18.4. The van der Waals surface area contributed by atoms with Gasteiger partial charge in [-0.2, -0.15) is 22.0 Å². The molecule has 4 nitrogen and oxygen atoms in total. The number of amides is 1. The summed E-state index contributed by atoms with van der Waals surface area (Å²) in [6.45, 7) is -4.43. The third-order valence-corrected chi connectivity index (χ3v) is 2.84. The largest absolute Gasteiger partial charge is 0.484 e. The fourth-order valence-electron chi connectivity index (χ4n) is 1.82. The molecular weight excluding hydrogens is 349 g/mol. The molecule has 25 heavy (non-hydrogen) atoms. The molecule has 0 aliphatic heterocycles. The summed E-state index contributed by atoms with van der Waals surface area (Å²) in [6.07, 6.45) is -4.45. The maximum Gasteiger partial charge on any atom is 0.422 e. The van der Waals surface area contributed by atoms with E-state index in [2.05, 4.69) is 14.8 Å². The predicted octanol–water partition coefficient (Wildman–Crippen LogP) is 4.48. The Kier molecular flexibility index (Phi) is 5.79. The molecule has 0 fully saturated rings. The van der Waals surface area contributed by atoms with Crippen LogP contribution in [0.25, 0.3) is 0 Å². The van der Waals surface area contributed by atoms with E-state index >= 15 is 0 Å². The van der Waals surface area contributed by atoms with Gasteiger partial charge in [-0.3, -0.25) is 4.79 Å². The first kappa shape index (κ1) is 18.5. The van der Waals surface area contributed by atoms with Gasteiger partial charge >= 0.3 is 12.8 Å². The van der Waals surface area contributed by atoms with E-state index in [0.29, 0.717) is 5.69 Å². The average Bonchev–Trinajstić information content (AvgIpc) is 2.53. The Labute approximate surface area is 139 Å². The summed E-state index contributed by atoms with van der Waals surface area (Å²) in [5.74, 6) is -0.773. The SMILES string of the molecule is O=C(Nc1ccc(OCC(F)(F)F)cc1)c1cccc(OC(F)F)c1. The highest BCUT2D eigenvalue weighted by Crippen LogP contribution is 2.21. The van der Waals surface area contributed by atoms with Crippen molar-refractivity contribution in [3.05, 3.63) is 54.1 Å². The van der Waals surface area contributed by atoms with Gasteiger partial charge in [-0.15, -0.1) is 0 Å². The second-order valence-electron chi connectivity index (χ2n) is 4.79.